The molecule has 4 rings (SSSR count). The summed E-state index contributed by atoms with van der Waals surface area (Å²) in [7, 11) is 2.00. The van der Waals surface area contributed by atoms with Gasteiger partial charge in [-0.05, 0) is 73.5 Å². The Kier molecular flexibility index (Phi) is 6.10. The lowest BCUT2D eigenvalue weighted by Crippen LogP contribution is -2.64. The summed E-state index contributed by atoms with van der Waals surface area (Å²) in [6.45, 7) is 13.2. The van der Waals surface area contributed by atoms with Crippen LogP contribution in [0.5, 0.6) is 0 Å². The van der Waals surface area contributed by atoms with E-state index in [-0.39, 0.29) is 29.1 Å². The molecule has 2 aliphatic rings. The van der Waals surface area contributed by atoms with Crippen molar-refractivity contribution < 1.29 is 13.5 Å². The summed E-state index contributed by atoms with van der Waals surface area (Å²) in [6, 6.07) is 8.76. The number of benzene rings is 2. The Morgan fingerprint density at radius 1 is 1.16 bits per heavy atom. The second-order valence-electron chi connectivity index (χ2n) is 10.4. The van der Waals surface area contributed by atoms with Gasteiger partial charge >= 0.3 is 0 Å². The summed E-state index contributed by atoms with van der Waals surface area (Å²) in [5, 5.41) is 3.41. The molecule has 5 heteroatoms. The second-order valence-corrected chi connectivity index (χ2v) is 10.4. The van der Waals surface area contributed by atoms with Gasteiger partial charge in [0.1, 0.15) is 11.6 Å². The Balaban J connectivity index is 1.55. The number of likely N-dealkylation sites (tertiary alicyclic amines) is 1. The van der Waals surface area contributed by atoms with E-state index in [1.54, 1.807) is 0 Å². The molecule has 0 spiro atoms. The van der Waals surface area contributed by atoms with E-state index in [9.17, 15) is 8.78 Å². The molecule has 0 aromatic heterocycles. The lowest BCUT2D eigenvalue weighted by Gasteiger charge is -2.61. The van der Waals surface area contributed by atoms with Gasteiger partial charge in [0, 0.05) is 36.3 Å². The number of nitrogens with one attached hydrogen (secondary N) is 1. The van der Waals surface area contributed by atoms with Gasteiger partial charge in [-0.15, -0.1) is 0 Å². The van der Waals surface area contributed by atoms with Crippen molar-refractivity contribution in [2.24, 2.45) is 5.41 Å². The number of hydrogen-bond donors (Lipinski definition) is 1. The maximum atomic E-state index is 14.0. The van der Waals surface area contributed by atoms with Crippen LogP contribution < -0.4 is 5.32 Å². The molecule has 0 radical (unpaired) electrons. The molecular formula is C27H36F2N2O. The predicted octanol–water partition coefficient (Wildman–Crippen LogP) is 5.83. The lowest BCUT2D eigenvalue weighted by atomic mass is 9.50. The topological polar surface area (TPSA) is 24.5 Å². The first-order valence-electron chi connectivity index (χ1n) is 11.7. The van der Waals surface area contributed by atoms with E-state index in [4.69, 9.17) is 4.74 Å². The van der Waals surface area contributed by atoms with Crippen LogP contribution in [0.1, 0.15) is 56.4 Å². The molecule has 3 unspecified atom stereocenters. The third-order valence-corrected chi connectivity index (χ3v) is 8.40. The monoisotopic (exact) mass is 442 g/mol. The fourth-order valence-electron chi connectivity index (χ4n) is 6.17. The van der Waals surface area contributed by atoms with Crippen LogP contribution in [-0.2, 0) is 23.2 Å². The highest BCUT2D eigenvalue weighted by Crippen LogP contribution is 2.57. The van der Waals surface area contributed by atoms with Gasteiger partial charge in [0.2, 0.25) is 0 Å². The van der Waals surface area contributed by atoms with Crippen molar-refractivity contribution in [3.63, 3.8) is 0 Å². The third-order valence-electron chi connectivity index (χ3n) is 8.40. The lowest BCUT2D eigenvalue weighted by molar-refractivity contribution is -0.0653. The van der Waals surface area contributed by atoms with Crippen molar-refractivity contribution in [1.29, 1.82) is 0 Å². The third kappa shape index (κ3) is 3.63. The van der Waals surface area contributed by atoms with Crippen LogP contribution in [0.3, 0.4) is 0 Å². The largest absolute Gasteiger partial charge is 0.388 e. The Hall–Kier alpha value is -1.98. The molecular weight excluding hydrogens is 406 g/mol. The van der Waals surface area contributed by atoms with Crippen LogP contribution >= 0.6 is 0 Å². The number of rotatable bonds is 6. The Bertz CT molecular complexity index is 985. The highest BCUT2D eigenvalue weighted by molar-refractivity contribution is 5.61. The molecule has 2 bridgehead atoms. The van der Waals surface area contributed by atoms with Crippen LogP contribution in [0.15, 0.2) is 30.3 Å². The second kappa shape index (κ2) is 8.42. The molecule has 3 atom stereocenters. The van der Waals surface area contributed by atoms with Crippen molar-refractivity contribution in [1.82, 2.24) is 4.90 Å². The minimum absolute atomic E-state index is 0.00614. The minimum Gasteiger partial charge on any atom is -0.388 e. The van der Waals surface area contributed by atoms with Gasteiger partial charge in [0.15, 0.2) is 0 Å². The van der Waals surface area contributed by atoms with E-state index in [0.717, 1.165) is 25.9 Å². The summed E-state index contributed by atoms with van der Waals surface area (Å²) < 4.78 is 33.9. The Morgan fingerprint density at radius 2 is 1.84 bits per heavy atom. The van der Waals surface area contributed by atoms with Crippen molar-refractivity contribution in [2.75, 3.05) is 25.5 Å². The van der Waals surface area contributed by atoms with Crippen LogP contribution in [0, 0.1) is 24.0 Å². The normalized spacial score (nSPS) is 25.3. The van der Waals surface area contributed by atoms with Gasteiger partial charge < -0.3 is 10.1 Å². The van der Waals surface area contributed by atoms with Gasteiger partial charge in [-0.25, -0.2) is 8.78 Å². The first-order valence-corrected chi connectivity index (χ1v) is 11.7. The number of aryl methyl sites for hydroxylation is 1. The SMILES string of the molecule is CNc1ccc(C)c2c1CC1N(CC(C)OCc3c(F)cccc3F)CCC2(C)C1(C)C. The number of ether oxygens (including phenoxy) is 1. The molecule has 174 valence electrons. The predicted molar refractivity (Wildman–Crippen MR) is 126 cm³/mol. The van der Waals surface area contributed by atoms with Crippen molar-refractivity contribution in [3.05, 3.63) is 64.2 Å². The first-order chi connectivity index (χ1) is 15.1. The minimum atomic E-state index is -0.550. The maximum absolute atomic E-state index is 14.0. The molecule has 0 saturated carbocycles. The standard InChI is InChI=1S/C27H36F2N2O/c1-17-10-11-23(30-6)19-14-24-26(3,4)27(5,25(17)19)12-13-31(24)15-18(2)32-16-20-21(28)8-7-9-22(20)29/h7-11,18,24,30H,12-16H2,1-6H3. The molecule has 1 saturated heterocycles. The van der Waals surface area contributed by atoms with Crippen LogP contribution in [0.4, 0.5) is 14.5 Å². The highest BCUT2D eigenvalue weighted by atomic mass is 19.1. The summed E-state index contributed by atoms with van der Waals surface area (Å²) in [4.78, 5) is 2.54. The van der Waals surface area contributed by atoms with Crippen molar-refractivity contribution >= 4 is 5.69 Å². The van der Waals surface area contributed by atoms with E-state index in [1.165, 1.54) is 40.6 Å². The number of anilines is 1. The average Bonchev–Trinajstić information content (AvgIpc) is 2.72. The number of halogens is 2. The van der Waals surface area contributed by atoms with E-state index >= 15 is 0 Å². The van der Waals surface area contributed by atoms with E-state index in [2.05, 4.69) is 50.0 Å². The van der Waals surface area contributed by atoms with Crippen LogP contribution in [0.25, 0.3) is 0 Å². The zero-order chi connectivity index (χ0) is 23.3. The summed E-state index contributed by atoms with van der Waals surface area (Å²) in [5.74, 6) is -1.10. The van der Waals surface area contributed by atoms with Crippen LogP contribution in [-0.4, -0.2) is 37.2 Å². The van der Waals surface area contributed by atoms with E-state index < -0.39 is 11.6 Å². The Morgan fingerprint density at radius 3 is 2.50 bits per heavy atom. The molecule has 3 nitrogen and oxygen atoms in total. The molecule has 2 aromatic rings. The molecule has 1 aliphatic carbocycles. The van der Waals surface area contributed by atoms with Gasteiger partial charge in [0.05, 0.1) is 12.7 Å². The smallest absolute Gasteiger partial charge is 0.131 e. The summed E-state index contributed by atoms with van der Waals surface area (Å²) >= 11 is 0. The fourth-order valence-corrected chi connectivity index (χ4v) is 6.17. The Labute approximate surface area is 191 Å². The molecule has 1 fully saturated rings. The zero-order valence-corrected chi connectivity index (χ0v) is 20.2. The molecule has 0 amide bonds. The van der Waals surface area contributed by atoms with Crippen molar-refractivity contribution in [2.45, 2.75) is 71.6 Å². The molecule has 1 N–H and O–H groups in total. The van der Waals surface area contributed by atoms with E-state index in [0.29, 0.717) is 6.04 Å². The number of fused-ring (bicyclic) bond motifs is 4. The van der Waals surface area contributed by atoms with Gasteiger partial charge in [0.25, 0.3) is 0 Å². The molecule has 1 aliphatic heterocycles. The van der Waals surface area contributed by atoms with Gasteiger partial charge in [-0.1, -0.05) is 32.9 Å². The quantitative estimate of drug-likeness (QED) is 0.609. The number of nitrogens with zero attached hydrogens (tertiary/aromatic N) is 1. The van der Waals surface area contributed by atoms with Crippen LogP contribution in [0.2, 0.25) is 0 Å². The summed E-state index contributed by atoms with van der Waals surface area (Å²) in [6.07, 6.45) is 1.94. The molecule has 2 aromatic carbocycles. The van der Waals surface area contributed by atoms with Gasteiger partial charge in [-0.2, -0.15) is 0 Å². The van der Waals surface area contributed by atoms with Gasteiger partial charge in [-0.3, -0.25) is 4.90 Å². The molecule has 32 heavy (non-hydrogen) atoms. The fraction of sp³-hybridized carbons (Fsp3) is 0.556. The van der Waals surface area contributed by atoms with Crippen molar-refractivity contribution in [3.8, 4) is 0 Å². The molecule has 1 heterocycles. The van der Waals surface area contributed by atoms with E-state index in [1.807, 2.05) is 14.0 Å². The highest BCUT2D eigenvalue weighted by Gasteiger charge is 2.56. The number of piperidine rings is 1. The first kappa shape index (κ1) is 23.2. The summed E-state index contributed by atoms with van der Waals surface area (Å²) in [5.41, 5.74) is 5.75. The zero-order valence-electron chi connectivity index (χ0n) is 20.2. The average molecular weight is 443 g/mol. The maximum Gasteiger partial charge on any atom is 0.131 e. The number of hydrogen-bond acceptors (Lipinski definition) is 3.